The number of carbonyl (C=O) groups is 2. The van der Waals surface area contributed by atoms with E-state index in [4.69, 9.17) is 16.3 Å². The van der Waals surface area contributed by atoms with Crippen LogP contribution in [0.4, 0.5) is 10.1 Å². The van der Waals surface area contributed by atoms with Gasteiger partial charge in [-0.15, -0.1) is 0 Å². The van der Waals surface area contributed by atoms with E-state index in [1.165, 1.54) is 62.6 Å². The summed E-state index contributed by atoms with van der Waals surface area (Å²) in [6.07, 6.45) is 0. The first-order valence-electron chi connectivity index (χ1n) is 11.8. The zero-order valence-electron chi connectivity index (χ0n) is 21.2. The van der Waals surface area contributed by atoms with Gasteiger partial charge in [-0.25, -0.2) is 12.8 Å². The molecule has 0 aliphatic rings. The van der Waals surface area contributed by atoms with Crippen LogP contribution in [0.3, 0.4) is 0 Å². The summed E-state index contributed by atoms with van der Waals surface area (Å²) < 4.78 is 48.4. The lowest BCUT2D eigenvalue weighted by atomic mass is 10.1. The highest BCUT2D eigenvalue weighted by Gasteiger charge is 2.34. The van der Waals surface area contributed by atoms with Crippen LogP contribution in [0.1, 0.15) is 19.4 Å². The zero-order valence-corrected chi connectivity index (χ0v) is 22.8. The second-order valence-electron chi connectivity index (χ2n) is 8.32. The van der Waals surface area contributed by atoms with Gasteiger partial charge in [0.05, 0.1) is 17.7 Å². The third kappa shape index (κ3) is 6.62. The van der Waals surface area contributed by atoms with Crippen LogP contribution >= 0.6 is 11.6 Å². The molecule has 1 unspecified atom stereocenters. The molecule has 1 N–H and O–H groups in total. The Labute approximate surface area is 227 Å². The molecule has 0 bridgehead atoms. The molecular formula is C27H29ClFN3O5S. The van der Waals surface area contributed by atoms with Crippen LogP contribution in [0.2, 0.25) is 5.02 Å². The molecule has 1 atom stereocenters. The second-order valence-corrected chi connectivity index (χ2v) is 10.6. The number of rotatable bonds is 11. The van der Waals surface area contributed by atoms with E-state index in [1.807, 2.05) is 0 Å². The summed E-state index contributed by atoms with van der Waals surface area (Å²) in [4.78, 5) is 27.6. The summed E-state index contributed by atoms with van der Waals surface area (Å²) in [7, 11) is -2.93. The van der Waals surface area contributed by atoms with Crippen LogP contribution in [0.15, 0.2) is 77.7 Å². The lowest BCUT2D eigenvalue weighted by Crippen LogP contribution is -2.51. The quantitative estimate of drug-likeness (QED) is 0.378. The predicted octanol–water partition coefficient (Wildman–Crippen LogP) is 4.24. The highest BCUT2D eigenvalue weighted by Crippen LogP contribution is 2.35. The van der Waals surface area contributed by atoms with Crippen LogP contribution in [0.5, 0.6) is 5.75 Å². The molecule has 0 fully saturated rings. The van der Waals surface area contributed by atoms with E-state index >= 15 is 0 Å². The number of hydrogen-bond donors (Lipinski definition) is 1. The maximum atomic E-state index is 14.5. The molecule has 0 radical (unpaired) electrons. The second kappa shape index (κ2) is 12.7. The van der Waals surface area contributed by atoms with Gasteiger partial charge in [-0.3, -0.25) is 13.9 Å². The van der Waals surface area contributed by atoms with Crippen molar-refractivity contribution >= 4 is 39.1 Å². The van der Waals surface area contributed by atoms with Gasteiger partial charge in [0.15, 0.2) is 0 Å². The Morgan fingerprint density at radius 2 is 1.71 bits per heavy atom. The molecule has 8 nitrogen and oxygen atoms in total. The molecule has 2 amide bonds. The summed E-state index contributed by atoms with van der Waals surface area (Å²) in [5.41, 5.74) is 0.212. The van der Waals surface area contributed by atoms with Crippen LogP contribution in [-0.4, -0.2) is 51.4 Å². The van der Waals surface area contributed by atoms with Crippen molar-refractivity contribution in [2.24, 2.45) is 0 Å². The van der Waals surface area contributed by atoms with Crippen molar-refractivity contribution in [2.45, 2.75) is 31.3 Å². The minimum atomic E-state index is -4.30. The van der Waals surface area contributed by atoms with Crippen molar-refractivity contribution in [3.63, 3.8) is 0 Å². The first-order chi connectivity index (χ1) is 18.1. The van der Waals surface area contributed by atoms with Crippen molar-refractivity contribution < 1.29 is 27.1 Å². The van der Waals surface area contributed by atoms with Gasteiger partial charge in [-0.05, 0) is 50.2 Å². The molecule has 3 aromatic rings. The molecule has 3 aromatic carbocycles. The number of benzene rings is 3. The molecule has 3 rings (SSSR count). The fourth-order valence-corrected chi connectivity index (χ4v) is 5.41. The highest BCUT2D eigenvalue weighted by molar-refractivity contribution is 7.92. The van der Waals surface area contributed by atoms with E-state index in [9.17, 15) is 22.4 Å². The number of methoxy groups -OCH3 is 1. The zero-order chi connectivity index (χ0) is 27.9. The number of carbonyl (C=O) groups excluding carboxylic acids is 2. The number of sulfonamides is 1. The summed E-state index contributed by atoms with van der Waals surface area (Å²) in [5, 5.41) is 2.87. The number of halogens is 2. The van der Waals surface area contributed by atoms with Crippen molar-refractivity contribution in [3.05, 3.63) is 89.2 Å². The SMILES string of the molecule is CCNC(=O)C(C)N(Cc1ccccc1F)C(=O)CN(c1cc(Cl)ccc1OC)S(=O)(=O)c1ccccc1. The van der Waals surface area contributed by atoms with Crippen LogP contribution in [0, 0.1) is 5.82 Å². The number of nitrogens with one attached hydrogen (secondary N) is 1. The molecule has 0 aromatic heterocycles. The standard InChI is InChI=1S/C27H29ClFN3O5S/c1-4-30-27(34)19(2)31(17-20-10-8-9-13-23(20)29)26(33)18-32(24-16-21(28)14-15-25(24)37-3)38(35,36)22-11-6-5-7-12-22/h5-16,19H,4,17-18H2,1-3H3,(H,30,34). The average Bonchev–Trinajstić information content (AvgIpc) is 2.91. The monoisotopic (exact) mass is 561 g/mol. The molecule has 0 heterocycles. The van der Waals surface area contributed by atoms with Gasteiger partial charge in [0.1, 0.15) is 24.2 Å². The first kappa shape index (κ1) is 28.9. The number of anilines is 1. The van der Waals surface area contributed by atoms with E-state index in [2.05, 4.69) is 5.32 Å². The summed E-state index contributed by atoms with van der Waals surface area (Å²) in [6, 6.07) is 16.8. The van der Waals surface area contributed by atoms with E-state index in [0.29, 0.717) is 6.54 Å². The number of amides is 2. The smallest absolute Gasteiger partial charge is 0.264 e. The predicted molar refractivity (Wildman–Crippen MR) is 144 cm³/mol. The fraction of sp³-hybridized carbons (Fsp3) is 0.259. The molecule has 0 aliphatic heterocycles. The van der Waals surface area contributed by atoms with Gasteiger partial charge in [0.2, 0.25) is 11.8 Å². The third-order valence-electron chi connectivity index (χ3n) is 5.84. The van der Waals surface area contributed by atoms with Crippen molar-refractivity contribution in [1.29, 1.82) is 0 Å². The average molecular weight is 562 g/mol. The molecule has 0 aliphatic carbocycles. The van der Waals surface area contributed by atoms with E-state index in [0.717, 1.165) is 9.21 Å². The first-order valence-corrected chi connectivity index (χ1v) is 13.6. The number of nitrogens with zero attached hydrogens (tertiary/aromatic N) is 2. The van der Waals surface area contributed by atoms with Crippen LogP contribution in [-0.2, 0) is 26.2 Å². The van der Waals surface area contributed by atoms with Crippen molar-refractivity contribution in [3.8, 4) is 5.75 Å². The van der Waals surface area contributed by atoms with Gasteiger partial charge < -0.3 is 15.0 Å². The Morgan fingerprint density at radius 3 is 2.34 bits per heavy atom. The molecule has 38 heavy (non-hydrogen) atoms. The van der Waals surface area contributed by atoms with Crippen molar-refractivity contribution in [2.75, 3.05) is 24.5 Å². The fourth-order valence-electron chi connectivity index (χ4n) is 3.81. The van der Waals surface area contributed by atoms with E-state index in [1.54, 1.807) is 31.2 Å². The minimum absolute atomic E-state index is 0.0358. The molecule has 11 heteroatoms. The molecule has 0 saturated carbocycles. The topological polar surface area (TPSA) is 96.0 Å². The normalized spacial score (nSPS) is 11.9. The Balaban J connectivity index is 2.10. The Morgan fingerprint density at radius 1 is 1.05 bits per heavy atom. The van der Waals surface area contributed by atoms with E-state index in [-0.39, 0.29) is 33.5 Å². The Hall–Kier alpha value is -3.63. The number of ether oxygens (including phenoxy) is 1. The Bertz CT molecular complexity index is 1390. The van der Waals surface area contributed by atoms with Crippen molar-refractivity contribution in [1.82, 2.24) is 10.2 Å². The number of hydrogen-bond acceptors (Lipinski definition) is 5. The molecule has 0 saturated heterocycles. The lowest BCUT2D eigenvalue weighted by Gasteiger charge is -2.32. The van der Waals surface area contributed by atoms with Gasteiger partial charge >= 0.3 is 0 Å². The molecule has 0 spiro atoms. The van der Waals surface area contributed by atoms with Gasteiger partial charge in [0, 0.05) is 23.7 Å². The number of likely N-dealkylation sites (N-methyl/N-ethyl adjacent to an activating group) is 1. The Kier molecular flexibility index (Phi) is 9.71. The van der Waals surface area contributed by atoms with Gasteiger partial charge in [-0.1, -0.05) is 48.0 Å². The molecule has 202 valence electrons. The maximum Gasteiger partial charge on any atom is 0.264 e. The summed E-state index contributed by atoms with van der Waals surface area (Å²) in [6.45, 7) is 2.59. The highest BCUT2D eigenvalue weighted by atomic mass is 35.5. The van der Waals surface area contributed by atoms with E-state index < -0.39 is 40.2 Å². The lowest BCUT2D eigenvalue weighted by molar-refractivity contribution is -0.139. The maximum absolute atomic E-state index is 14.5. The summed E-state index contributed by atoms with van der Waals surface area (Å²) >= 11 is 6.20. The van der Waals surface area contributed by atoms with Crippen LogP contribution in [0.25, 0.3) is 0 Å². The third-order valence-corrected chi connectivity index (χ3v) is 7.85. The molecular weight excluding hydrogens is 533 g/mol. The van der Waals surface area contributed by atoms with Gasteiger partial charge in [-0.2, -0.15) is 0 Å². The largest absolute Gasteiger partial charge is 0.495 e. The minimum Gasteiger partial charge on any atom is -0.495 e. The van der Waals surface area contributed by atoms with Crippen LogP contribution < -0.4 is 14.4 Å². The van der Waals surface area contributed by atoms with Gasteiger partial charge in [0.25, 0.3) is 10.0 Å². The summed E-state index contributed by atoms with van der Waals surface area (Å²) in [5.74, 6) is -1.58.